The highest BCUT2D eigenvalue weighted by Crippen LogP contribution is 2.32. The van der Waals surface area contributed by atoms with Crippen LogP contribution in [0.2, 0.25) is 10.0 Å². The van der Waals surface area contributed by atoms with E-state index in [1.165, 1.54) is 27.3 Å². The number of H-pyrrole nitrogens is 1. The molecule has 0 aliphatic carbocycles. The topological polar surface area (TPSA) is 109 Å². The van der Waals surface area contributed by atoms with Crippen molar-refractivity contribution in [1.29, 1.82) is 0 Å². The number of ether oxygens (including phenoxy) is 1. The third-order valence-electron chi connectivity index (χ3n) is 4.36. The lowest BCUT2D eigenvalue weighted by Crippen LogP contribution is -2.23. The van der Waals surface area contributed by atoms with Crippen LogP contribution in [-0.2, 0) is 14.8 Å². The maximum absolute atomic E-state index is 13.0. The van der Waals surface area contributed by atoms with E-state index in [1.807, 2.05) is 0 Å². The second kappa shape index (κ2) is 8.27. The van der Waals surface area contributed by atoms with Crippen molar-refractivity contribution in [2.75, 3.05) is 26.5 Å². The van der Waals surface area contributed by atoms with Crippen LogP contribution >= 0.6 is 23.2 Å². The molecule has 0 saturated carbocycles. The van der Waals surface area contributed by atoms with Gasteiger partial charge < -0.3 is 15.0 Å². The van der Waals surface area contributed by atoms with Crippen LogP contribution in [0.25, 0.3) is 10.9 Å². The zero-order valence-electron chi connectivity index (χ0n) is 16.1. The molecule has 2 N–H and O–H groups in total. The minimum absolute atomic E-state index is 0.0401. The summed E-state index contributed by atoms with van der Waals surface area (Å²) in [6.45, 7) is 0. The summed E-state index contributed by atoms with van der Waals surface area (Å²) in [7, 11) is -0.0203. The second-order valence-corrected chi connectivity index (χ2v) is 9.35. The normalized spacial score (nSPS) is 11.7. The highest BCUT2D eigenvalue weighted by Gasteiger charge is 2.26. The first-order valence-corrected chi connectivity index (χ1v) is 10.7. The minimum Gasteiger partial charge on any atom is -0.464 e. The van der Waals surface area contributed by atoms with Crippen LogP contribution < -0.4 is 5.32 Å². The lowest BCUT2D eigenvalue weighted by Gasteiger charge is -2.15. The fraction of sp³-hybridized carbons (Fsp3) is 0.158. The SMILES string of the molecule is COC(=O)c1[nH]c2ccccc2c1NC(=O)c1cc(S(=O)(=O)N(C)C)c(Cl)cc1Cl. The molecule has 0 fully saturated rings. The Morgan fingerprint density at radius 1 is 1.10 bits per heavy atom. The van der Waals surface area contributed by atoms with Crippen LogP contribution in [0.5, 0.6) is 0 Å². The summed E-state index contributed by atoms with van der Waals surface area (Å²) in [6.07, 6.45) is 0. The average molecular weight is 470 g/mol. The maximum atomic E-state index is 13.0. The number of carbonyl (C=O) groups excluding carboxylic acids is 2. The Morgan fingerprint density at radius 3 is 2.40 bits per heavy atom. The maximum Gasteiger partial charge on any atom is 0.356 e. The van der Waals surface area contributed by atoms with Gasteiger partial charge in [0.25, 0.3) is 5.91 Å². The number of nitrogens with one attached hydrogen (secondary N) is 2. The molecule has 1 heterocycles. The number of methoxy groups -OCH3 is 1. The van der Waals surface area contributed by atoms with E-state index >= 15 is 0 Å². The Bertz CT molecular complexity index is 1270. The summed E-state index contributed by atoms with van der Waals surface area (Å²) in [5.74, 6) is -1.40. The monoisotopic (exact) mass is 469 g/mol. The van der Waals surface area contributed by atoms with Gasteiger partial charge in [-0.05, 0) is 18.2 Å². The summed E-state index contributed by atoms with van der Waals surface area (Å²) in [5.41, 5.74) is 0.706. The molecule has 3 rings (SSSR count). The van der Waals surface area contributed by atoms with Crippen LogP contribution in [-0.4, -0.2) is 50.8 Å². The van der Waals surface area contributed by atoms with Crippen LogP contribution in [0.4, 0.5) is 5.69 Å². The molecular weight excluding hydrogens is 453 g/mol. The van der Waals surface area contributed by atoms with Crippen molar-refractivity contribution >= 4 is 61.7 Å². The molecule has 1 amide bonds. The number of esters is 1. The summed E-state index contributed by atoms with van der Waals surface area (Å²) >= 11 is 12.2. The van der Waals surface area contributed by atoms with Gasteiger partial charge >= 0.3 is 5.97 Å². The van der Waals surface area contributed by atoms with Crippen molar-refractivity contribution in [3.8, 4) is 0 Å². The Hall–Kier alpha value is -2.59. The standard InChI is InChI=1S/C19H17Cl2N3O5S/c1-24(2)30(27,28)15-8-11(12(20)9-13(15)21)18(25)23-16-10-6-4-5-7-14(10)22-17(16)19(26)29-3/h4-9,22H,1-3H3,(H,23,25). The van der Waals surface area contributed by atoms with Crippen LogP contribution in [0, 0.1) is 0 Å². The highest BCUT2D eigenvalue weighted by molar-refractivity contribution is 7.89. The van der Waals surface area contributed by atoms with Gasteiger partial charge in [0.15, 0.2) is 0 Å². The van der Waals surface area contributed by atoms with Crippen molar-refractivity contribution in [1.82, 2.24) is 9.29 Å². The van der Waals surface area contributed by atoms with E-state index < -0.39 is 21.9 Å². The van der Waals surface area contributed by atoms with E-state index in [1.54, 1.807) is 24.3 Å². The number of hydrogen-bond donors (Lipinski definition) is 2. The van der Waals surface area contributed by atoms with Crippen LogP contribution in [0.15, 0.2) is 41.3 Å². The number of para-hydroxylation sites is 1. The first-order chi connectivity index (χ1) is 14.1. The molecule has 0 unspecified atom stereocenters. The van der Waals surface area contributed by atoms with Gasteiger partial charge in [0.2, 0.25) is 10.0 Å². The highest BCUT2D eigenvalue weighted by atomic mass is 35.5. The third kappa shape index (κ3) is 3.89. The van der Waals surface area contributed by atoms with Gasteiger partial charge in [-0.3, -0.25) is 4.79 Å². The van der Waals surface area contributed by atoms with Crippen molar-refractivity contribution < 1.29 is 22.7 Å². The number of amides is 1. The van der Waals surface area contributed by atoms with E-state index in [0.29, 0.717) is 10.9 Å². The number of rotatable bonds is 5. The summed E-state index contributed by atoms with van der Waals surface area (Å²) in [6, 6.07) is 9.23. The number of carbonyl (C=O) groups is 2. The van der Waals surface area contributed by atoms with E-state index in [0.717, 1.165) is 10.4 Å². The molecule has 0 aliphatic heterocycles. The predicted octanol–water partition coefficient (Wildman–Crippen LogP) is 3.76. The zero-order valence-corrected chi connectivity index (χ0v) is 18.4. The fourth-order valence-corrected chi connectivity index (χ4v) is 4.53. The van der Waals surface area contributed by atoms with Gasteiger partial charge in [0.05, 0.1) is 28.4 Å². The molecule has 3 aromatic rings. The number of fused-ring (bicyclic) bond motifs is 1. The molecule has 0 spiro atoms. The zero-order chi connectivity index (χ0) is 22.2. The van der Waals surface area contributed by atoms with E-state index in [9.17, 15) is 18.0 Å². The molecule has 0 saturated heterocycles. The van der Waals surface area contributed by atoms with Crippen molar-refractivity contribution in [2.45, 2.75) is 4.90 Å². The lowest BCUT2D eigenvalue weighted by atomic mass is 10.1. The van der Waals surface area contributed by atoms with E-state index in [4.69, 9.17) is 27.9 Å². The van der Waals surface area contributed by atoms with Gasteiger partial charge in [-0.25, -0.2) is 17.5 Å². The first-order valence-electron chi connectivity index (χ1n) is 8.50. The average Bonchev–Trinajstić information content (AvgIpc) is 3.05. The molecule has 0 bridgehead atoms. The molecule has 1 aromatic heterocycles. The van der Waals surface area contributed by atoms with Crippen molar-refractivity contribution in [2.24, 2.45) is 0 Å². The second-order valence-electron chi connectivity index (χ2n) is 6.42. The van der Waals surface area contributed by atoms with Crippen LogP contribution in [0.1, 0.15) is 20.8 Å². The number of sulfonamides is 1. The number of nitrogens with zero attached hydrogens (tertiary/aromatic N) is 1. The number of anilines is 1. The molecule has 11 heteroatoms. The van der Waals surface area contributed by atoms with Crippen molar-refractivity contribution in [3.05, 3.63) is 57.7 Å². The Labute approximate surface area is 182 Å². The smallest absolute Gasteiger partial charge is 0.356 e. The third-order valence-corrected chi connectivity index (χ3v) is 6.95. The van der Waals surface area contributed by atoms with E-state index in [2.05, 4.69) is 10.3 Å². The van der Waals surface area contributed by atoms with Gasteiger partial charge in [0, 0.05) is 25.0 Å². The van der Waals surface area contributed by atoms with Gasteiger partial charge in [-0.15, -0.1) is 0 Å². The summed E-state index contributed by atoms with van der Waals surface area (Å²) in [5, 5.41) is 3.03. The van der Waals surface area contributed by atoms with Gasteiger partial charge in [-0.2, -0.15) is 0 Å². The number of halogens is 2. The molecule has 30 heavy (non-hydrogen) atoms. The molecule has 158 valence electrons. The predicted molar refractivity (Wildman–Crippen MR) is 115 cm³/mol. The fourth-order valence-electron chi connectivity index (χ4n) is 2.81. The summed E-state index contributed by atoms with van der Waals surface area (Å²) in [4.78, 5) is 27.8. The quantitative estimate of drug-likeness (QED) is 0.552. The molecule has 0 atom stereocenters. The molecular formula is C19H17Cl2N3O5S. The number of aromatic amines is 1. The van der Waals surface area contributed by atoms with Gasteiger partial charge in [-0.1, -0.05) is 41.4 Å². The molecule has 0 radical (unpaired) electrons. The number of hydrogen-bond acceptors (Lipinski definition) is 5. The molecule has 0 aliphatic rings. The Kier molecular flexibility index (Phi) is 6.09. The first kappa shape index (κ1) is 22.1. The van der Waals surface area contributed by atoms with Crippen LogP contribution in [0.3, 0.4) is 0 Å². The lowest BCUT2D eigenvalue weighted by molar-refractivity contribution is 0.0596. The number of aromatic nitrogens is 1. The van der Waals surface area contributed by atoms with E-state index in [-0.39, 0.29) is 31.9 Å². The molecule has 2 aromatic carbocycles. The largest absolute Gasteiger partial charge is 0.464 e. The number of benzene rings is 2. The van der Waals surface area contributed by atoms with Crippen molar-refractivity contribution in [3.63, 3.8) is 0 Å². The summed E-state index contributed by atoms with van der Waals surface area (Å²) < 4.78 is 30.8. The van der Waals surface area contributed by atoms with Gasteiger partial charge in [0.1, 0.15) is 10.6 Å². The molecule has 8 nitrogen and oxygen atoms in total. The Balaban J connectivity index is 2.11. The minimum atomic E-state index is -3.92. The Morgan fingerprint density at radius 2 is 1.77 bits per heavy atom.